The van der Waals surface area contributed by atoms with Crippen LogP contribution in [0.5, 0.6) is 5.75 Å². The summed E-state index contributed by atoms with van der Waals surface area (Å²) in [7, 11) is 0. The van der Waals surface area contributed by atoms with E-state index in [0.717, 1.165) is 18.8 Å². The third-order valence-corrected chi connectivity index (χ3v) is 3.96. The topological polar surface area (TPSA) is 35.2 Å². The molecule has 1 aromatic carbocycles. The highest BCUT2D eigenvalue weighted by atomic mass is 35.5. The van der Waals surface area contributed by atoms with E-state index < -0.39 is 0 Å². The van der Waals surface area contributed by atoms with E-state index in [4.69, 9.17) is 22.1 Å². The average Bonchev–Trinajstić information content (AvgIpc) is 2.46. The van der Waals surface area contributed by atoms with Gasteiger partial charge in [0.2, 0.25) is 0 Å². The Hall–Kier alpha value is -0.890. The summed E-state index contributed by atoms with van der Waals surface area (Å²) in [5, 5.41) is 0.652. The molecule has 0 fully saturated rings. The van der Waals surface area contributed by atoms with E-state index in [1.807, 2.05) is 12.1 Å². The van der Waals surface area contributed by atoms with Crippen LogP contribution < -0.4 is 10.5 Å². The molecule has 120 valence electrons. The fourth-order valence-electron chi connectivity index (χ4n) is 2.42. The molecule has 0 spiro atoms. The van der Waals surface area contributed by atoms with Gasteiger partial charge >= 0.3 is 0 Å². The number of halogens is 1. The van der Waals surface area contributed by atoms with Gasteiger partial charge < -0.3 is 10.5 Å². The third-order valence-electron chi connectivity index (χ3n) is 3.73. The Morgan fingerprint density at radius 3 is 2.05 bits per heavy atom. The van der Waals surface area contributed by atoms with Gasteiger partial charge in [0.15, 0.2) is 0 Å². The van der Waals surface area contributed by atoms with Crippen molar-refractivity contribution in [2.75, 3.05) is 12.3 Å². The molecule has 0 aliphatic carbocycles. The van der Waals surface area contributed by atoms with E-state index in [1.165, 1.54) is 57.8 Å². The summed E-state index contributed by atoms with van der Waals surface area (Å²) in [4.78, 5) is 0. The number of unbranched alkanes of at least 4 members (excludes halogenated alkanes) is 9. The molecule has 21 heavy (non-hydrogen) atoms. The molecule has 0 heterocycles. The summed E-state index contributed by atoms with van der Waals surface area (Å²) in [5.74, 6) is 0.746. The second-order valence-corrected chi connectivity index (χ2v) is 6.15. The van der Waals surface area contributed by atoms with Crippen molar-refractivity contribution in [1.82, 2.24) is 0 Å². The molecular formula is C18H30ClNO. The molecule has 0 aliphatic heterocycles. The lowest BCUT2D eigenvalue weighted by molar-refractivity contribution is 0.306. The van der Waals surface area contributed by atoms with Crippen molar-refractivity contribution in [2.24, 2.45) is 0 Å². The molecule has 0 atom stereocenters. The second kappa shape index (κ2) is 11.7. The maximum absolute atomic E-state index is 5.85. The zero-order valence-electron chi connectivity index (χ0n) is 13.4. The fraction of sp³-hybridized carbons (Fsp3) is 0.667. The first-order valence-electron chi connectivity index (χ1n) is 8.42. The zero-order valence-corrected chi connectivity index (χ0v) is 14.1. The van der Waals surface area contributed by atoms with E-state index in [0.29, 0.717) is 10.7 Å². The molecule has 3 heteroatoms. The van der Waals surface area contributed by atoms with Gasteiger partial charge in [0.1, 0.15) is 5.75 Å². The summed E-state index contributed by atoms with van der Waals surface area (Å²) in [5.41, 5.74) is 6.46. The molecule has 0 saturated heterocycles. The van der Waals surface area contributed by atoms with E-state index in [2.05, 4.69) is 6.92 Å². The van der Waals surface area contributed by atoms with E-state index >= 15 is 0 Å². The largest absolute Gasteiger partial charge is 0.491 e. The molecule has 2 nitrogen and oxygen atoms in total. The number of nitrogen functional groups attached to an aromatic ring is 1. The zero-order chi connectivity index (χ0) is 15.3. The van der Waals surface area contributed by atoms with Crippen LogP contribution in [0.4, 0.5) is 5.69 Å². The molecule has 0 unspecified atom stereocenters. The number of nitrogens with two attached hydrogens (primary N) is 1. The molecule has 1 aromatic rings. The number of rotatable bonds is 12. The highest BCUT2D eigenvalue weighted by molar-refractivity contribution is 6.30. The van der Waals surface area contributed by atoms with Gasteiger partial charge in [-0.2, -0.15) is 0 Å². The number of hydrogen-bond acceptors (Lipinski definition) is 2. The smallest absolute Gasteiger partial charge is 0.142 e. The monoisotopic (exact) mass is 311 g/mol. The standard InChI is InChI=1S/C18H30ClNO/c1-2-3-4-5-6-7-8-9-10-11-14-21-18-13-12-16(19)15-17(18)20/h12-13,15H,2-11,14,20H2,1H3. The molecule has 0 amide bonds. The van der Waals surface area contributed by atoms with Crippen molar-refractivity contribution in [3.63, 3.8) is 0 Å². The Bertz CT molecular complexity index is 381. The lowest BCUT2D eigenvalue weighted by Crippen LogP contribution is -2.00. The van der Waals surface area contributed by atoms with Crippen LogP contribution in [0.1, 0.15) is 71.1 Å². The van der Waals surface area contributed by atoms with Gasteiger partial charge in [-0.25, -0.2) is 0 Å². The summed E-state index contributed by atoms with van der Waals surface area (Å²) in [6.07, 6.45) is 13.3. The first kappa shape index (κ1) is 18.2. The highest BCUT2D eigenvalue weighted by Crippen LogP contribution is 2.25. The Morgan fingerprint density at radius 1 is 0.905 bits per heavy atom. The lowest BCUT2D eigenvalue weighted by Gasteiger charge is -2.09. The minimum atomic E-state index is 0.620. The second-order valence-electron chi connectivity index (χ2n) is 5.71. The lowest BCUT2D eigenvalue weighted by atomic mass is 10.1. The maximum atomic E-state index is 5.85. The predicted octanol–water partition coefficient (Wildman–Crippen LogP) is 6.22. The van der Waals surface area contributed by atoms with Crippen molar-refractivity contribution >= 4 is 17.3 Å². The van der Waals surface area contributed by atoms with Crippen LogP contribution in [-0.4, -0.2) is 6.61 Å². The summed E-state index contributed by atoms with van der Waals surface area (Å²) in [6, 6.07) is 5.38. The average molecular weight is 312 g/mol. The van der Waals surface area contributed by atoms with E-state index in [1.54, 1.807) is 6.07 Å². The van der Waals surface area contributed by atoms with Crippen molar-refractivity contribution < 1.29 is 4.74 Å². The van der Waals surface area contributed by atoms with Crippen molar-refractivity contribution in [2.45, 2.75) is 71.1 Å². The van der Waals surface area contributed by atoms with Gasteiger partial charge in [-0.1, -0.05) is 76.3 Å². The minimum Gasteiger partial charge on any atom is -0.491 e. The summed E-state index contributed by atoms with van der Waals surface area (Å²) < 4.78 is 5.68. The van der Waals surface area contributed by atoms with Gasteiger partial charge in [0.05, 0.1) is 12.3 Å². The molecular weight excluding hydrogens is 282 g/mol. The van der Waals surface area contributed by atoms with E-state index in [-0.39, 0.29) is 0 Å². The van der Waals surface area contributed by atoms with Crippen LogP contribution in [-0.2, 0) is 0 Å². The molecule has 0 bridgehead atoms. The first-order valence-corrected chi connectivity index (χ1v) is 8.79. The number of hydrogen-bond donors (Lipinski definition) is 1. The Kier molecular flexibility index (Phi) is 10.1. The molecule has 0 aliphatic rings. The summed E-state index contributed by atoms with van der Waals surface area (Å²) in [6.45, 7) is 3.00. The van der Waals surface area contributed by atoms with Crippen LogP contribution >= 0.6 is 11.6 Å². The van der Waals surface area contributed by atoms with Crippen molar-refractivity contribution in [1.29, 1.82) is 0 Å². The van der Waals surface area contributed by atoms with Crippen molar-refractivity contribution in [3.05, 3.63) is 23.2 Å². The number of benzene rings is 1. The molecule has 0 radical (unpaired) electrons. The first-order chi connectivity index (χ1) is 10.2. The van der Waals surface area contributed by atoms with Crippen molar-refractivity contribution in [3.8, 4) is 5.75 Å². The highest BCUT2D eigenvalue weighted by Gasteiger charge is 2.00. The summed E-state index contributed by atoms with van der Waals surface area (Å²) >= 11 is 5.85. The fourth-order valence-corrected chi connectivity index (χ4v) is 2.60. The SMILES string of the molecule is CCCCCCCCCCCCOc1ccc(Cl)cc1N. The molecule has 0 aromatic heterocycles. The van der Waals surface area contributed by atoms with Gasteiger partial charge in [0, 0.05) is 5.02 Å². The number of anilines is 1. The Labute approximate surface area is 135 Å². The van der Waals surface area contributed by atoms with Crippen LogP contribution in [0.2, 0.25) is 5.02 Å². The van der Waals surface area contributed by atoms with Crippen LogP contribution in [0.25, 0.3) is 0 Å². The minimum absolute atomic E-state index is 0.620. The normalized spacial score (nSPS) is 10.8. The third kappa shape index (κ3) is 8.87. The van der Waals surface area contributed by atoms with Gasteiger partial charge in [-0.15, -0.1) is 0 Å². The van der Waals surface area contributed by atoms with E-state index in [9.17, 15) is 0 Å². The van der Waals surface area contributed by atoms with Gasteiger partial charge in [-0.3, -0.25) is 0 Å². The van der Waals surface area contributed by atoms with Gasteiger partial charge in [-0.05, 0) is 24.6 Å². The van der Waals surface area contributed by atoms with Crippen LogP contribution in [0.15, 0.2) is 18.2 Å². The Morgan fingerprint density at radius 2 is 1.48 bits per heavy atom. The number of ether oxygens (including phenoxy) is 1. The predicted molar refractivity (Wildman–Crippen MR) is 93.2 cm³/mol. The quantitative estimate of drug-likeness (QED) is 0.367. The Balaban J connectivity index is 1.93. The molecule has 0 saturated carbocycles. The molecule has 2 N–H and O–H groups in total. The molecule has 1 rings (SSSR count). The van der Waals surface area contributed by atoms with Crippen LogP contribution in [0, 0.1) is 0 Å². The maximum Gasteiger partial charge on any atom is 0.142 e. The van der Waals surface area contributed by atoms with Crippen LogP contribution in [0.3, 0.4) is 0 Å². The van der Waals surface area contributed by atoms with Gasteiger partial charge in [0.25, 0.3) is 0 Å².